The highest BCUT2D eigenvalue weighted by molar-refractivity contribution is 5.21. The van der Waals surface area contributed by atoms with Crippen LogP contribution in [-0.2, 0) is 4.74 Å². The van der Waals surface area contributed by atoms with E-state index in [2.05, 4.69) is 30.2 Å². The largest absolute Gasteiger partial charge is 0.378 e. The van der Waals surface area contributed by atoms with Gasteiger partial charge in [0.15, 0.2) is 0 Å². The molecule has 0 aromatic carbocycles. The van der Waals surface area contributed by atoms with Gasteiger partial charge in [-0.1, -0.05) is 13.0 Å². The van der Waals surface area contributed by atoms with Gasteiger partial charge in [0.05, 0.1) is 11.8 Å². The third-order valence-corrected chi connectivity index (χ3v) is 3.87. The highest BCUT2D eigenvalue weighted by atomic mass is 16.5. The van der Waals surface area contributed by atoms with Crippen LogP contribution in [-0.4, -0.2) is 24.2 Å². The van der Waals surface area contributed by atoms with Crippen LogP contribution in [0.2, 0.25) is 0 Å². The molecule has 1 aliphatic heterocycles. The molecule has 2 heterocycles. The van der Waals surface area contributed by atoms with Crippen LogP contribution in [0.4, 0.5) is 0 Å². The van der Waals surface area contributed by atoms with Crippen LogP contribution in [0, 0.1) is 6.92 Å². The van der Waals surface area contributed by atoms with E-state index in [-0.39, 0.29) is 0 Å². The second kappa shape index (κ2) is 7.61. The maximum atomic E-state index is 5.69. The molecule has 3 nitrogen and oxygen atoms in total. The van der Waals surface area contributed by atoms with Gasteiger partial charge >= 0.3 is 0 Å². The Balaban J connectivity index is 1.87. The molecule has 1 fully saturated rings. The summed E-state index contributed by atoms with van der Waals surface area (Å²) in [5.41, 5.74) is 2.49. The van der Waals surface area contributed by atoms with Crippen molar-refractivity contribution in [3.63, 3.8) is 0 Å². The van der Waals surface area contributed by atoms with E-state index in [1.165, 1.54) is 36.9 Å². The third kappa shape index (κ3) is 4.29. The molecule has 2 atom stereocenters. The number of rotatable bonds is 7. The summed E-state index contributed by atoms with van der Waals surface area (Å²) in [6, 6.07) is 4.54. The number of nitrogens with one attached hydrogen (secondary N) is 1. The second-order valence-corrected chi connectivity index (χ2v) is 5.38. The van der Waals surface area contributed by atoms with Crippen LogP contribution in [0.1, 0.15) is 56.3 Å². The lowest BCUT2D eigenvalue weighted by Gasteiger charge is -2.20. The van der Waals surface area contributed by atoms with Crippen LogP contribution in [0.5, 0.6) is 0 Å². The van der Waals surface area contributed by atoms with Crippen LogP contribution in [0.25, 0.3) is 0 Å². The van der Waals surface area contributed by atoms with Gasteiger partial charge in [0.1, 0.15) is 0 Å². The van der Waals surface area contributed by atoms with E-state index in [0.29, 0.717) is 12.1 Å². The first-order chi connectivity index (χ1) is 9.31. The summed E-state index contributed by atoms with van der Waals surface area (Å²) in [7, 11) is 0. The molecular weight excluding hydrogens is 236 g/mol. The zero-order valence-corrected chi connectivity index (χ0v) is 12.2. The molecule has 2 unspecified atom stereocenters. The van der Waals surface area contributed by atoms with Gasteiger partial charge < -0.3 is 10.1 Å². The monoisotopic (exact) mass is 262 g/mol. The Bertz CT molecular complexity index is 375. The summed E-state index contributed by atoms with van der Waals surface area (Å²) in [6.45, 7) is 6.25. The van der Waals surface area contributed by atoms with Gasteiger partial charge in [0.25, 0.3) is 0 Å². The van der Waals surface area contributed by atoms with Crippen molar-refractivity contribution < 1.29 is 4.74 Å². The van der Waals surface area contributed by atoms with E-state index in [1.54, 1.807) is 0 Å². The fourth-order valence-electron chi connectivity index (χ4n) is 2.87. The first kappa shape index (κ1) is 14.5. The molecule has 1 N–H and O–H groups in total. The summed E-state index contributed by atoms with van der Waals surface area (Å²) >= 11 is 0. The van der Waals surface area contributed by atoms with E-state index in [1.807, 2.05) is 12.3 Å². The van der Waals surface area contributed by atoms with Gasteiger partial charge in [0, 0.05) is 18.8 Å². The summed E-state index contributed by atoms with van der Waals surface area (Å²) in [5, 5.41) is 3.56. The smallest absolute Gasteiger partial charge is 0.0602 e. The molecule has 0 aliphatic carbocycles. The zero-order chi connectivity index (χ0) is 13.5. The number of hydrogen-bond donors (Lipinski definition) is 1. The van der Waals surface area contributed by atoms with Crippen molar-refractivity contribution in [1.29, 1.82) is 0 Å². The molecule has 2 rings (SSSR count). The van der Waals surface area contributed by atoms with Crippen molar-refractivity contribution in [3.8, 4) is 0 Å². The van der Waals surface area contributed by atoms with Crippen LogP contribution in [0.3, 0.4) is 0 Å². The maximum absolute atomic E-state index is 5.69. The Kier molecular flexibility index (Phi) is 5.80. The molecule has 0 saturated carbocycles. The normalized spacial score (nSPS) is 20.6. The van der Waals surface area contributed by atoms with Gasteiger partial charge in [-0.25, -0.2) is 0 Å². The number of pyridine rings is 1. The fourth-order valence-corrected chi connectivity index (χ4v) is 2.87. The molecule has 19 heavy (non-hydrogen) atoms. The molecule has 1 aromatic rings. The molecule has 0 spiro atoms. The standard InChI is InChI=1S/C16H26N2O/c1-3-17-15(16-13(2)7-5-11-18-16)10-4-8-14-9-6-12-19-14/h5,7,11,14-15,17H,3-4,6,8-10,12H2,1-2H3. The molecule has 0 amide bonds. The molecule has 1 aromatic heterocycles. The van der Waals surface area contributed by atoms with E-state index < -0.39 is 0 Å². The quantitative estimate of drug-likeness (QED) is 0.818. The first-order valence-electron chi connectivity index (χ1n) is 7.57. The third-order valence-electron chi connectivity index (χ3n) is 3.87. The van der Waals surface area contributed by atoms with Crippen molar-refractivity contribution >= 4 is 0 Å². The van der Waals surface area contributed by atoms with Crippen molar-refractivity contribution in [2.45, 2.75) is 58.1 Å². The predicted octanol–water partition coefficient (Wildman–Crippen LogP) is 3.39. The minimum Gasteiger partial charge on any atom is -0.378 e. The summed E-state index contributed by atoms with van der Waals surface area (Å²) < 4.78 is 5.69. The first-order valence-corrected chi connectivity index (χ1v) is 7.57. The van der Waals surface area contributed by atoms with Gasteiger partial charge in [0.2, 0.25) is 0 Å². The Morgan fingerprint density at radius 3 is 3.11 bits per heavy atom. The Hall–Kier alpha value is -0.930. The van der Waals surface area contributed by atoms with E-state index in [9.17, 15) is 0 Å². The summed E-state index contributed by atoms with van der Waals surface area (Å²) in [5.74, 6) is 0. The van der Waals surface area contributed by atoms with Gasteiger partial charge in [-0.2, -0.15) is 0 Å². The van der Waals surface area contributed by atoms with Crippen molar-refractivity contribution in [2.75, 3.05) is 13.2 Å². The number of nitrogens with zero attached hydrogens (tertiary/aromatic N) is 1. The lowest BCUT2D eigenvalue weighted by atomic mass is 10.00. The Morgan fingerprint density at radius 1 is 1.53 bits per heavy atom. The SMILES string of the molecule is CCNC(CCCC1CCCO1)c1ncccc1C. The molecule has 0 bridgehead atoms. The average molecular weight is 262 g/mol. The van der Waals surface area contributed by atoms with Gasteiger partial charge in [-0.15, -0.1) is 0 Å². The molecular formula is C16H26N2O. The Labute approximate surface area is 116 Å². The highest BCUT2D eigenvalue weighted by Crippen LogP contribution is 2.23. The van der Waals surface area contributed by atoms with Gasteiger partial charge in [-0.3, -0.25) is 4.98 Å². The molecule has 106 valence electrons. The topological polar surface area (TPSA) is 34.1 Å². The summed E-state index contributed by atoms with van der Waals surface area (Å²) in [4.78, 5) is 4.55. The van der Waals surface area contributed by atoms with E-state index in [0.717, 1.165) is 19.6 Å². The van der Waals surface area contributed by atoms with Crippen molar-refractivity contribution in [2.24, 2.45) is 0 Å². The minimum atomic E-state index is 0.382. The average Bonchev–Trinajstić information content (AvgIpc) is 2.92. The van der Waals surface area contributed by atoms with Crippen LogP contribution in [0.15, 0.2) is 18.3 Å². The predicted molar refractivity (Wildman–Crippen MR) is 78.2 cm³/mol. The van der Waals surface area contributed by atoms with E-state index >= 15 is 0 Å². The molecule has 3 heteroatoms. The zero-order valence-electron chi connectivity index (χ0n) is 12.2. The molecule has 1 aliphatic rings. The lowest BCUT2D eigenvalue weighted by Crippen LogP contribution is -2.23. The Morgan fingerprint density at radius 2 is 2.42 bits per heavy atom. The molecule has 1 saturated heterocycles. The lowest BCUT2D eigenvalue weighted by molar-refractivity contribution is 0.101. The van der Waals surface area contributed by atoms with Crippen molar-refractivity contribution in [1.82, 2.24) is 10.3 Å². The number of aryl methyl sites for hydroxylation is 1. The van der Waals surface area contributed by atoms with Gasteiger partial charge in [-0.05, 0) is 57.2 Å². The van der Waals surface area contributed by atoms with Crippen molar-refractivity contribution in [3.05, 3.63) is 29.6 Å². The molecule has 0 radical (unpaired) electrons. The number of ether oxygens (including phenoxy) is 1. The van der Waals surface area contributed by atoms with Crippen LogP contribution >= 0.6 is 0 Å². The number of hydrogen-bond acceptors (Lipinski definition) is 3. The number of aromatic nitrogens is 1. The van der Waals surface area contributed by atoms with E-state index in [4.69, 9.17) is 4.74 Å². The minimum absolute atomic E-state index is 0.382. The fraction of sp³-hybridized carbons (Fsp3) is 0.688. The highest BCUT2D eigenvalue weighted by Gasteiger charge is 2.18. The maximum Gasteiger partial charge on any atom is 0.0602 e. The second-order valence-electron chi connectivity index (χ2n) is 5.38. The van der Waals surface area contributed by atoms with Crippen LogP contribution < -0.4 is 5.32 Å². The summed E-state index contributed by atoms with van der Waals surface area (Å²) in [6.07, 6.45) is 8.42.